The van der Waals surface area contributed by atoms with Gasteiger partial charge >= 0.3 is 6.09 Å². The van der Waals surface area contributed by atoms with E-state index in [1.807, 2.05) is 0 Å². The van der Waals surface area contributed by atoms with Crippen molar-refractivity contribution in [3.63, 3.8) is 0 Å². The van der Waals surface area contributed by atoms with Crippen molar-refractivity contribution in [2.45, 2.75) is 11.3 Å². The number of pyridine rings is 1. The Morgan fingerprint density at radius 1 is 1.30 bits per heavy atom. The first-order chi connectivity index (χ1) is 14.3. The first-order valence-corrected chi connectivity index (χ1v) is 10.1. The number of rotatable bonds is 7. The Labute approximate surface area is 171 Å². The second kappa shape index (κ2) is 8.74. The second-order valence-electron chi connectivity index (χ2n) is 6.16. The van der Waals surface area contributed by atoms with E-state index in [1.165, 1.54) is 55.0 Å². The van der Waals surface area contributed by atoms with Crippen LogP contribution in [-0.2, 0) is 16.4 Å². The predicted octanol–water partition coefficient (Wildman–Crippen LogP) is 2.54. The van der Waals surface area contributed by atoms with Gasteiger partial charge in [0.15, 0.2) is 0 Å². The molecule has 0 aliphatic heterocycles. The molecule has 3 aromatic rings. The van der Waals surface area contributed by atoms with E-state index in [4.69, 9.17) is 10.3 Å². The van der Waals surface area contributed by atoms with Crippen molar-refractivity contribution in [1.82, 2.24) is 14.3 Å². The van der Waals surface area contributed by atoms with E-state index in [9.17, 15) is 17.6 Å². The predicted molar refractivity (Wildman–Crippen MR) is 106 cm³/mol. The largest absolute Gasteiger partial charge is 0.465 e. The van der Waals surface area contributed by atoms with E-state index in [0.717, 1.165) is 10.2 Å². The molecule has 0 saturated carbocycles. The molecule has 3 rings (SSSR count). The van der Waals surface area contributed by atoms with Crippen LogP contribution in [0.4, 0.5) is 9.18 Å². The molecular formula is C19H17FN4O5S. The number of carbonyl (C=O) groups is 1. The number of hydrogen-bond donors (Lipinski definition) is 3. The molecule has 0 saturated heterocycles. The molecule has 0 spiro atoms. The van der Waals surface area contributed by atoms with Crippen molar-refractivity contribution in [1.29, 1.82) is 0 Å². The van der Waals surface area contributed by atoms with Gasteiger partial charge in [-0.05, 0) is 36.2 Å². The Morgan fingerprint density at radius 3 is 2.77 bits per heavy atom. The molecule has 3 N–H and O–H groups in total. The van der Waals surface area contributed by atoms with Crippen molar-refractivity contribution in [3.8, 4) is 11.3 Å². The van der Waals surface area contributed by atoms with Gasteiger partial charge in [0.05, 0.1) is 11.9 Å². The molecule has 30 heavy (non-hydrogen) atoms. The zero-order valence-electron chi connectivity index (χ0n) is 15.4. The number of nitrogens with zero attached hydrogens (tertiary/aromatic N) is 3. The molecule has 11 heteroatoms. The van der Waals surface area contributed by atoms with Crippen LogP contribution in [0, 0.1) is 5.82 Å². The highest BCUT2D eigenvalue weighted by molar-refractivity contribution is 7.90. The Bertz CT molecular complexity index is 1190. The van der Waals surface area contributed by atoms with Gasteiger partial charge in [-0.15, -0.1) is 0 Å². The van der Waals surface area contributed by atoms with Gasteiger partial charge in [0.25, 0.3) is 10.0 Å². The maximum absolute atomic E-state index is 15.0. The van der Waals surface area contributed by atoms with Gasteiger partial charge in [0.1, 0.15) is 10.7 Å². The van der Waals surface area contributed by atoms with E-state index in [0.29, 0.717) is 5.56 Å². The van der Waals surface area contributed by atoms with Crippen LogP contribution in [0.5, 0.6) is 0 Å². The second-order valence-corrected chi connectivity index (χ2v) is 7.97. The minimum atomic E-state index is -4.11. The smallest absolute Gasteiger partial charge is 0.404 e. The number of halogens is 1. The first kappa shape index (κ1) is 21.0. The molecule has 0 unspecified atom stereocenters. The highest BCUT2D eigenvalue weighted by atomic mass is 32.2. The number of carboxylic acid groups (broad SMARTS) is 1. The Kier molecular flexibility index (Phi) is 6.11. The molecule has 1 amide bonds. The van der Waals surface area contributed by atoms with Crippen molar-refractivity contribution >= 4 is 22.3 Å². The average molecular weight is 432 g/mol. The van der Waals surface area contributed by atoms with E-state index >= 15 is 0 Å². The summed E-state index contributed by atoms with van der Waals surface area (Å²) in [6.45, 7) is 0.0470. The van der Waals surface area contributed by atoms with Crippen LogP contribution < -0.4 is 5.32 Å². The van der Waals surface area contributed by atoms with Gasteiger partial charge in [0.2, 0.25) is 0 Å². The maximum Gasteiger partial charge on any atom is 0.404 e. The minimum Gasteiger partial charge on any atom is -0.465 e. The highest BCUT2D eigenvalue weighted by Gasteiger charge is 2.24. The lowest BCUT2D eigenvalue weighted by atomic mass is 10.1. The van der Waals surface area contributed by atoms with Crippen LogP contribution in [0.3, 0.4) is 0 Å². The van der Waals surface area contributed by atoms with E-state index in [2.05, 4.69) is 15.5 Å². The quantitative estimate of drug-likeness (QED) is 0.298. The van der Waals surface area contributed by atoms with Crippen molar-refractivity contribution in [2.75, 3.05) is 6.54 Å². The Balaban J connectivity index is 2.15. The maximum atomic E-state index is 15.0. The molecule has 9 nitrogen and oxygen atoms in total. The minimum absolute atomic E-state index is 0.0303. The first-order valence-electron chi connectivity index (χ1n) is 8.64. The van der Waals surface area contributed by atoms with Crippen LogP contribution in [0.25, 0.3) is 11.3 Å². The Morgan fingerprint density at radius 2 is 2.10 bits per heavy atom. The Hall–Kier alpha value is -3.73. The third-order valence-corrected chi connectivity index (χ3v) is 5.88. The average Bonchev–Trinajstić information content (AvgIpc) is 3.15. The molecule has 156 valence electrons. The van der Waals surface area contributed by atoms with E-state index < -0.39 is 21.9 Å². The monoisotopic (exact) mass is 432 g/mol. The topological polar surface area (TPSA) is 134 Å². The highest BCUT2D eigenvalue weighted by Crippen LogP contribution is 2.30. The lowest BCUT2D eigenvalue weighted by Gasteiger charge is -2.11. The van der Waals surface area contributed by atoms with Crippen LogP contribution in [0.2, 0.25) is 0 Å². The number of hydrogen-bond acceptors (Lipinski definition) is 6. The SMILES string of the molecule is O=C(O)NCCc1cc(-c2cccc(C=NO)c2F)n(S(=O)(=O)c2cccnc2)c1. The molecule has 1 aromatic carbocycles. The molecule has 2 heterocycles. The fourth-order valence-electron chi connectivity index (χ4n) is 2.87. The van der Waals surface area contributed by atoms with Crippen molar-refractivity contribution < 1.29 is 27.9 Å². The van der Waals surface area contributed by atoms with Gasteiger partial charge in [-0.3, -0.25) is 4.98 Å². The van der Waals surface area contributed by atoms with Gasteiger partial charge in [-0.1, -0.05) is 17.3 Å². The lowest BCUT2D eigenvalue weighted by Crippen LogP contribution is -2.23. The van der Waals surface area contributed by atoms with Crippen LogP contribution in [-0.4, -0.2) is 46.5 Å². The molecular weight excluding hydrogens is 415 g/mol. The molecule has 2 aromatic heterocycles. The molecule has 0 bridgehead atoms. The van der Waals surface area contributed by atoms with Crippen molar-refractivity contribution in [2.24, 2.45) is 5.16 Å². The van der Waals surface area contributed by atoms with Crippen molar-refractivity contribution in [3.05, 3.63) is 71.9 Å². The third-order valence-electron chi connectivity index (χ3n) is 4.23. The van der Waals surface area contributed by atoms with Gasteiger partial charge in [-0.25, -0.2) is 21.6 Å². The van der Waals surface area contributed by atoms with Gasteiger partial charge in [0, 0.05) is 36.3 Å². The number of benzene rings is 1. The number of amides is 1. The molecule has 0 radical (unpaired) electrons. The summed E-state index contributed by atoms with van der Waals surface area (Å²) in [5.41, 5.74) is 0.453. The molecule has 0 aliphatic carbocycles. The summed E-state index contributed by atoms with van der Waals surface area (Å²) in [4.78, 5) is 14.4. The summed E-state index contributed by atoms with van der Waals surface area (Å²) in [5.74, 6) is -0.772. The van der Waals surface area contributed by atoms with Crippen LogP contribution in [0.15, 0.2) is 65.0 Å². The lowest BCUT2D eigenvalue weighted by molar-refractivity contribution is 0.194. The van der Waals surface area contributed by atoms with Crippen LogP contribution in [0.1, 0.15) is 11.1 Å². The zero-order chi connectivity index (χ0) is 21.7. The zero-order valence-corrected chi connectivity index (χ0v) is 16.3. The number of nitrogens with one attached hydrogen (secondary N) is 1. The summed E-state index contributed by atoms with van der Waals surface area (Å²) in [5, 5.41) is 22.5. The number of oxime groups is 1. The van der Waals surface area contributed by atoms with Crippen LogP contribution >= 0.6 is 0 Å². The fraction of sp³-hybridized carbons (Fsp3) is 0.105. The summed E-state index contributed by atoms with van der Waals surface area (Å²) >= 11 is 0. The van der Waals surface area contributed by atoms with Gasteiger partial charge in [-0.2, -0.15) is 0 Å². The summed E-state index contributed by atoms with van der Waals surface area (Å²) in [7, 11) is -4.11. The summed E-state index contributed by atoms with van der Waals surface area (Å²) in [6.07, 6.45) is 3.80. The number of aromatic nitrogens is 2. The summed E-state index contributed by atoms with van der Waals surface area (Å²) < 4.78 is 42.2. The normalized spacial score (nSPS) is 11.6. The van der Waals surface area contributed by atoms with E-state index in [1.54, 1.807) is 0 Å². The fourth-order valence-corrected chi connectivity index (χ4v) is 4.22. The molecule has 0 atom stereocenters. The summed E-state index contributed by atoms with van der Waals surface area (Å²) in [6, 6.07) is 8.56. The molecule has 0 fully saturated rings. The standard InChI is InChI=1S/C19H17FN4O5S/c20-18-14(10-23-27)3-1-5-16(18)17-9-13(6-8-22-19(25)26)12-24(17)30(28,29)15-4-2-7-21-11-15/h1-5,7,9-12,22,27H,6,8H2,(H,25,26). The van der Waals surface area contributed by atoms with E-state index in [-0.39, 0.29) is 34.7 Å². The van der Waals surface area contributed by atoms with Gasteiger partial charge < -0.3 is 15.6 Å². The molecule has 0 aliphatic rings. The third kappa shape index (κ3) is 4.30.